The average Bonchev–Trinajstić information content (AvgIpc) is 3.34. The molecule has 3 aliphatic rings. The van der Waals surface area contributed by atoms with Crippen molar-refractivity contribution in [2.45, 2.75) is 63.1 Å². The molecular formula is C22H29N3O6. The second-order valence-corrected chi connectivity index (χ2v) is 8.30. The van der Waals surface area contributed by atoms with Crippen molar-refractivity contribution >= 4 is 17.9 Å². The molecule has 9 nitrogen and oxygen atoms in total. The number of hydrogen-bond acceptors (Lipinski definition) is 6. The maximum atomic E-state index is 13.0. The van der Waals surface area contributed by atoms with Gasteiger partial charge in [0, 0.05) is 26.3 Å². The quantitative estimate of drug-likeness (QED) is 0.728. The molecule has 1 aromatic carbocycles. The zero-order chi connectivity index (χ0) is 21.8. The van der Waals surface area contributed by atoms with Crippen molar-refractivity contribution < 1.29 is 28.6 Å². The molecule has 0 radical (unpaired) electrons. The standard InChI is InChI=1S/C22H29N3O6/c1-15(26)23-18-13-22(30-11-12-31-22)9-7-19(18)25-10-8-17(20(25)27)24-21(28)29-14-16-5-3-2-4-6-16/h2-6,17-19H,7-14H2,1H3,(H,23,26)(H,24,28)/t17-,18-,19-/m0/s1. The van der Waals surface area contributed by atoms with E-state index in [0.29, 0.717) is 45.4 Å². The van der Waals surface area contributed by atoms with Crippen molar-refractivity contribution in [3.05, 3.63) is 35.9 Å². The van der Waals surface area contributed by atoms with Crippen LogP contribution in [0.25, 0.3) is 0 Å². The van der Waals surface area contributed by atoms with Gasteiger partial charge in [-0.2, -0.15) is 0 Å². The highest BCUT2D eigenvalue weighted by molar-refractivity contribution is 5.88. The van der Waals surface area contributed by atoms with Crippen LogP contribution in [-0.2, 0) is 30.4 Å². The number of alkyl carbamates (subject to hydrolysis) is 1. The number of carbonyl (C=O) groups excluding carboxylic acids is 3. The van der Waals surface area contributed by atoms with Gasteiger partial charge < -0.3 is 29.7 Å². The summed E-state index contributed by atoms with van der Waals surface area (Å²) in [5.41, 5.74) is 0.877. The van der Waals surface area contributed by atoms with Crippen LogP contribution in [0.5, 0.6) is 0 Å². The third-order valence-electron chi connectivity index (χ3n) is 6.16. The van der Waals surface area contributed by atoms with Crippen molar-refractivity contribution in [1.29, 1.82) is 0 Å². The molecule has 168 valence electrons. The molecule has 1 aliphatic carbocycles. The van der Waals surface area contributed by atoms with Crippen molar-refractivity contribution in [3.63, 3.8) is 0 Å². The molecule has 0 aromatic heterocycles. The second-order valence-electron chi connectivity index (χ2n) is 8.30. The average molecular weight is 431 g/mol. The van der Waals surface area contributed by atoms with Crippen LogP contribution in [0.3, 0.4) is 0 Å². The van der Waals surface area contributed by atoms with Gasteiger partial charge in [0.2, 0.25) is 11.8 Å². The van der Waals surface area contributed by atoms with Crippen LogP contribution in [0.1, 0.15) is 38.2 Å². The van der Waals surface area contributed by atoms with Crippen LogP contribution < -0.4 is 10.6 Å². The lowest BCUT2D eigenvalue weighted by Crippen LogP contribution is -2.59. The molecule has 0 bridgehead atoms. The molecule has 0 unspecified atom stereocenters. The maximum Gasteiger partial charge on any atom is 0.408 e. The van der Waals surface area contributed by atoms with Gasteiger partial charge >= 0.3 is 6.09 Å². The number of rotatable bonds is 5. The highest BCUT2D eigenvalue weighted by Gasteiger charge is 2.49. The van der Waals surface area contributed by atoms with E-state index in [4.69, 9.17) is 14.2 Å². The summed E-state index contributed by atoms with van der Waals surface area (Å²) in [6, 6.07) is 8.31. The highest BCUT2D eigenvalue weighted by Crippen LogP contribution is 2.38. The summed E-state index contributed by atoms with van der Waals surface area (Å²) >= 11 is 0. The third kappa shape index (κ3) is 4.99. The van der Waals surface area contributed by atoms with Crippen molar-refractivity contribution in [3.8, 4) is 0 Å². The van der Waals surface area contributed by atoms with E-state index in [1.165, 1.54) is 6.92 Å². The van der Waals surface area contributed by atoms with Crippen LogP contribution in [0, 0.1) is 0 Å². The minimum absolute atomic E-state index is 0.145. The van der Waals surface area contributed by atoms with E-state index in [1.54, 1.807) is 4.90 Å². The first-order valence-electron chi connectivity index (χ1n) is 10.8. The van der Waals surface area contributed by atoms with Crippen LogP contribution in [0.15, 0.2) is 30.3 Å². The van der Waals surface area contributed by atoms with E-state index >= 15 is 0 Å². The number of benzene rings is 1. The maximum absolute atomic E-state index is 13.0. The molecule has 3 atom stereocenters. The molecule has 1 aromatic rings. The second kappa shape index (κ2) is 9.23. The molecule has 31 heavy (non-hydrogen) atoms. The van der Waals surface area contributed by atoms with E-state index in [1.807, 2.05) is 30.3 Å². The Labute approximate surface area is 181 Å². The molecule has 2 N–H and O–H groups in total. The van der Waals surface area contributed by atoms with Crippen LogP contribution in [0.4, 0.5) is 4.79 Å². The highest BCUT2D eigenvalue weighted by atomic mass is 16.7. The van der Waals surface area contributed by atoms with Crippen LogP contribution >= 0.6 is 0 Å². The Hall–Kier alpha value is -2.65. The lowest BCUT2D eigenvalue weighted by atomic mass is 9.84. The topological polar surface area (TPSA) is 106 Å². The Morgan fingerprint density at radius 3 is 2.61 bits per heavy atom. The van der Waals surface area contributed by atoms with Crippen LogP contribution in [-0.4, -0.2) is 66.5 Å². The van der Waals surface area contributed by atoms with Gasteiger partial charge in [-0.1, -0.05) is 30.3 Å². The molecule has 3 fully saturated rings. The molecule has 3 amide bonds. The first-order chi connectivity index (χ1) is 15.0. The van der Waals surface area contributed by atoms with Gasteiger partial charge in [-0.15, -0.1) is 0 Å². The fourth-order valence-electron chi connectivity index (χ4n) is 4.75. The number of carbonyl (C=O) groups is 3. The van der Waals surface area contributed by atoms with Crippen LogP contribution in [0.2, 0.25) is 0 Å². The number of nitrogens with one attached hydrogen (secondary N) is 2. The third-order valence-corrected chi connectivity index (χ3v) is 6.16. The van der Waals surface area contributed by atoms with Gasteiger partial charge in [-0.05, 0) is 18.4 Å². The van der Waals surface area contributed by atoms with Gasteiger partial charge in [0.25, 0.3) is 0 Å². The first-order valence-corrected chi connectivity index (χ1v) is 10.8. The number of ether oxygens (including phenoxy) is 3. The Kier molecular flexibility index (Phi) is 6.43. The minimum Gasteiger partial charge on any atom is -0.445 e. The van der Waals surface area contributed by atoms with E-state index in [2.05, 4.69) is 10.6 Å². The first kappa shape index (κ1) is 21.6. The van der Waals surface area contributed by atoms with Gasteiger partial charge in [0.1, 0.15) is 12.6 Å². The van der Waals surface area contributed by atoms with E-state index in [-0.39, 0.29) is 30.5 Å². The van der Waals surface area contributed by atoms with Gasteiger partial charge in [0.05, 0.1) is 25.3 Å². The number of hydrogen-bond donors (Lipinski definition) is 2. The number of amides is 3. The summed E-state index contributed by atoms with van der Waals surface area (Å²) in [7, 11) is 0. The van der Waals surface area contributed by atoms with Crippen molar-refractivity contribution in [2.75, 3.05) is 19.8 Å². The molecular weight excluding hydrogens is 402 g/mol. The normalized spacial score (nSPS) is 27.3. The zero-order valence-electron chi connectivity index (χ0n) is 17.7. The Morgan fingerprint density at radius 2 is 1.90 bits per heavy atom. The Morgan fingerprint density at radius 1 is 1.16 bits per heavy atom. The zero-order valence-corrected chi connectivity index (χ0v) is 17.7. The van der Waals surface area contributed by atoms with E-state index in [9.17, 15) is 14.4 Å². The molecule has 1 saturated carbocycles. The lowest BCUT2D eigenvalue weighted by molar-refractivity contribution is -0.191. The molecule has 2 aliphatic heterocycles. The molecule has 9 heteroatoms. The largest absolute Gasteiger partial charge is 0.445 e. The summed E-state index contributed by atoms with van der Waals surface area (Å²) < 4.78 is 16.9. The van der Waals surface area contributed by atoms with E-state index in [0.717, 1.165) is 5.56 Å². The fraction of sp³-hybridized carbons (Fsp3) is 0.591. The molecule has 2 saturated heterocycles. The Bertz CT molecular complexity index is 811. The van der Waals surface area contributed by atoms with E-state index < -0.39 is 17.9 Å². The Balaban J connectivity index is 1.34. The monoisotopic (exact) mass is 431 g/mol. The summed E-state index contributed by atoms with van der Waals surface area (Å²) in [6.45, 7) is 3.20. The summed E-state index contributed by atoms with van der Waals surface area (Å²) in [6.07, 6.45) is 1.70. The van der Waals surface area contributed by atoms with Crippen molar-refractivity contribution in [1.82, 2.24) is 15.5 Å². The minimum atomic E-state index is -0.675. The fourth-order valence-corrected chi connectivity index (χ4v) is 4.75. The summed E-state index contributed by atoms with van der Waals surface area (Å²) in [5.74, 6) is -0.984. The van der Waals surface area contributed by atoms with Gasteiger partial charge in [-0.3, -0.25) is 9.59 Å². The number of nitrogens with zero attached hydrogens (tertiary/aromatic N) is 1. The summed E-state index contributed by atoms with van der Waals surface area (Å²) in [4.78, 5) is 38.8. The number of likely N-dealkylation sites (tertiary alicyclic amines) is 1. The molecule has 2 heterocycles. The molecule has 4 rings (SSSR count). The SMILES string of the molecule is CC(=O)N[C@H]1CC2(CC[C@@H]1N1CC[C@H](NC(=O)OCc3ccccc3)C1=O)OCCO2. The molecule has 1 spiro atoms. The lowest BCUT2D eigenvalue weighted by Gasteiger charge is -2.44. The van der Waals surface area contributed by atoms with Gasteiger partial charge in [0.15, 0.2) is 5.79 Å². The summed E-state index contributed by atoms with van der Waals surface area (Å²) in [5, 5.41) is 5.65. The predicted molar refractivity (Wildman–Crippen MR) is 110 cm³/mol. The van der Waals surface area contributed by atoms with Crippen molar-refractivity contribution in [2.24, 2.45) is 0 Å². The van der Waals surface area contributed by atoms with Gasteiger partial charge in [-0.25, -0.2) is 4.79 Å². The predicted octanol–water partition coefficient (Wildman–Crippen LogP) is 1.31. The smallest absolute Gasteiger partial charge is 0.408 e.